The van der Waals surface area contributed by atoms with E-state index in [1.54, 1.807) is 0 Å². The molecule has 4 nitrogen and oxygen atoms in total. The van der Waals surface area contributed by atoms with Crippen LogP contribution >= 0.6 is 0 Å². The minimum absolute atomic E-state index is 0.637. The van der Waals surface area contributed by atoms with Gasteiger partial charge in [0, 0.05) is 55.7 Å². The van der Waals surface area contributed by atoms with Crippen LogP contribution in [0.15, 0.2) is 276 Å². The fourth-order valence-electron chi connectivity index (χ4n) is 13.7. The van der Waals surface area contributed by atoms with Gasteiger partial charge in [-0.25, -0.2) is 0 Å². The minimum atomic E-state index is -0.637. The van der Waals surface area contributed by atoms with Crippen molar-refractivity contribution in [1.29, 1.82) is 0 Å². The molecule has 0 unspecified atom stereocenters. The number of furan rings is 2. The van der Waals surface area contributed by atoms with E-state index in [9.17, 15) is 0 Å². The van der Waals surface area contributed by atoms with Crippen molar-refractivity contribution in [3.05, 3.63) is 289 Å². The predicted octanol–water partition coefficient (Wildman–Crippen LogP) is 20.2. The van der Waals surface area contributed by atoms with Crippen molar-refractivity contribution in [1.82, 2.24) is 0 Å². The molecule has 0 amide bonds. The third kappa shape index (κ3) is 5.87. The Balaban J connectivity index is 0.923. The van der Waals surface area contributed by atoms with Gasteiger partial charge in [0.1, 0.15) is 22.3 Å². The number of benzene rings is 13. The maximum atomic E-state index is 6.35. The quantitative estimate of drug-likeness (QED) is 0.155. The summed E-state index contributed by atoms with van der Waals surface area (Å²) in [5, 5.41) is 11.8. The second kappa shape index (κ2) is 15.9. The Hall–Kier alpha value is -10.2. The van der Waals surface area contributed by atoms with Crippen LogP contribution in [0.3, 0.4) is 0 Å². The molecule has 2 heterocycles. The van der Waals surface area contributed by atoms with Crippen molar-refractivity contribution in [3.63, 3.8) is 0 Å². The molecule has 13 aromatic carbocycles. The Morgan fingerprint density at radius 2 is 0.688 bits per heavy atom. The van der Waals surface area contributed by atoms with Gasteiger partial charge in [-0.15, -0.1) is 0 Å². The molecule has 0 aliphatic heterocycles. The number of para-hydroxylation sites is 4. The molecule has 77 heavy (non-hydrogen) atoms. The molecule has 15 aromatic rings. The van der Waals surface area contributed by atoms with Gasteiger partial charge in [0.25, 0.3) is 0 Å². The first-order valence-corrected chi connectivity index (χ1v) is 26.5. The highest BCUT2D eigenvalue weighted by molar-refractivity contribution is 6.22. The molecule has 0 saturated heterocycles. The van der Waals surface area contributed by atoms with Crippen LogP contribution in [0.25, 0.3) is 98.4 Å². The summed E-state index contributed by atoms with van der Waals surface area (Å²) in [4.78, 5) is 4.78. The molecule has 0 bridgehead atoms. The van der Waals surface area contributed by atoms with E-state index in [-0.39, 0.29) is 0 Å². The van der Waals surface area contributed by atoms with E-state index in [4.69, 9.17) is 8.83 Å². The van der Waals surface area contributed by atoms with Gasteiger partial charge in [0.05, 0.1) is 5.41 Å². The molecule has 4 heteroatoms. The van der Waals surface area contributed by atoms with Gasteiger partial charge in [-0.2, -0.15) is 0 Å². The van der Waals surface area contributed by atoms with Gasteiger partial charge in [-0.3, -0.25) is 0 Å². The summed E-state index contributed by atoms with van der Waals surface area (Å²) >= 11 is 0. The minimum Gasteiger partial charge on any atom is -0.456 e. The molecule has 0 saturated carbocycles. The van der Waals surface area contributed by atoms with Gasteiger partial charge in [0.2, 0.25) is 0 Å². The van der Waals surface area contributed by atoms with Crippen LogP contribution in [0.4, 0.5) is 34.1 Å². The van der Waals surface area contributed by atoms with E-state index in [0.29, 0.717) is 0 Å². The van der Waals surface area contributed by atoms with Crippen LogP contribution in [0.2, 0.25) is 0 Å². The Labute approximate surface area is 443 Å². The zero-order valence-electron chi connectivity index (χ0n) is 41.6. The lowest BCUT2D eigenvalue weighted by molar-refractivity contribution is 0.668. The van der Waals surface area contributed by atoms with E-state index >= 15 is 0 Å². The summed E-state index contributed by atoms with van der Waals surface area (Å²) in [6, 6.07) is 97.9. The van der Waals surface area contributed by atoms with E-state index in [2.05, 4.69) is 259 Å². The highest BCUT2D eigenvalue weighted by atomic mass is 16.3. The zero-order chi connectivity index (χ0) is 50.3. The Morgan fingerprint density at radius 3 is 1.27 bits per heavy atom. The second-order valence-corrected chi connectivity index (χ2v) is 20.7. The molecule has 0 N–H and O–H groups in total. The van der Waals surface area contributed by atoms with Crippen LogP contribution in [-0.2, 0) is 5.41 Å². The molecule has 2 aliphatic rings. The average Bonchev–Trinajstić information content (AvgIpc) is 4.01. The zero-order valence-corrected chi connectivity index (χ0v) is 41.6. The summed E-state index contributed by atoms with van der Waals surface area (Å²) in [6.45, 7) is 0. The fraction of sp³-hybridized carbons (Fsp3) is 0.0137. The lowest BCUT2D eigenvalue weighted by Crippen LogP contribution is -2.26. The molecule has 2 aromatic heterocycles. The van der Waals surface area contributed by atoms with Gasteiger partial charge in [0.15, 0.2) is 0 Å². The van der Waals surface area contributed by atoms with Crippen LogP contribution in [0, 0.1) is 0 Å². The molecule has 1 spiro atoms. The van der Waals surface area contributed by atoms with Crippen molar-refractivity contribution in [3.8, 4) is 22.3 Å². The van der Waals surface area contributed by atoms with E-state index in [1.165, 1.54) is 76.8 Å². The number of anilines is 6. The van der Waals surface area contributed by atoms with Gasteiger partial charge >= 0.3 is 0 Å². The van der Waals surface area contributed by atoms with Crippen molar-refractivity contribution in [2.24, 2.45) is 0 Å². The molecular formula is C73H44N2O2. The summed E-state index contributed by atoms with van der Waals surface area (Å²) in [5.74, 6) is 0. The van der Waals surface area contributed by atoms with Gasteiger partial charge in [-0.1, -0.05) is 170 Å². The first-order chi connectivity index (χ1) is 38.2. The van der Waals surface area contributed by atoms with Crippen molar-refractivity contribution < 1.29 is 8.83 Å². The molecule has 0 atom stereocenters. The Morgan fingerprint density at radius 1 is 0.247 bits per heavy atom. The van der Waals surface area contributed by atoms with Crippen molar-refractivity contribution in [2.45, 2.75) is 5.41 Å². The Bertz CT molecular complexity index is 4910. The number of nitrogens with zero attached hydrogens (tertiary/aromatic N) is 2. The van der Waals surface area contributed by atoms with Gasteiger partial charge in [-0.05, 0) is 174 Å². The molecule has 0 fully saturated rings. The summed E-state index contributed by atoms with van der Waals surface area (Å²) in [5.41, 5.74) is 19.8. The number of hydrogen-bond donors (Lipinski definition) is 0. The standard InChI is InChI=1S/C73H44N2O2/c1-3-17-46(18-4-1)74(50-34-39-68-62(43-50)56-24-11-15-29-66(56)76-68)48-32-37-52-45(41-48)31-36-60-70-58-26-8-7-21-53(58)61-42-49(75(47-19-5-2-6-20-47)51-35-40-69-63(44-51)57-25-12-16-30-67(57)77-69)33-38-59(61)72(70)73(71(52)60)64-27-13-9-22-54(64)55-23-10-14-28-65(55)73/h1-44H. The van der Waals surface area contributed by atoms with E-state index in [1.807, 2.05) is 18.2 Å². The van der Waals surface area contributed by atoms with Gasteiger partial charge < -0.3 is 18.6 Å². The first-order valence-electron chi connectivity index (χ1n) is 26.5. The largest absolute Gasteiger partial charge is 0.456 e. The smallest absolute Gasteiger partial charge is 0.135 e. The van der Waals surface area contributed by atoms with E-state index < -0.39 is 5.41 Å². The van der Waals surface area contributed by atoms with Crippen molar-refractivity contribution >= 4 is 110 Å². The second-order valence-electron chi connectivity index (χ2n) is 20.7. The predicted molar refractivity (Wildman–Crippen MR) is 319 cm³/mol. The van der Waals surface area contributed by atoms with E-state index in [0.717, 1.165) is 78.0 Å². The maximum Gasteiger partial charge on any atom is 0.135 e. The number of hydrogen-bond acceptors (Lipinski definition) is 4. The lowest BCUT2D eigenvalue weighted by atomic mass is 9.68. The number of fused-ring (bicyclic) bond motifs is 23. The van der Waals surface area contributed by atoms with Crippen molar-refractivity contribution in [2.75, 3.05) is 9.80 Å². The lowest BCUT2D eigenvalue weighted by Gasteiger charge is -2.33. The molecule has 2 aliphatic carbocycles. The molecule has 0 radical (unpaired) electrons. The summed E-state index contributed by atoms with van der Waals surface area (Å²) in [6.07, 6.45) is 0. The highest BCUT2D eigenvalue weighted by Crippen LogP contribution is 2.67. The Kier molecular flexibility index (Phi) is 8.73. The third-order valence-electron chi connectivity index (χ3n) is 16.8. The highest BCUT2D eigenvalue weighted by Gasteiger charge is 2.54. The molecular weight excluding hydrogens is 937 g/mol. The van der Waals surface area contributed by atoms with Crippen LogP contribution in [-0.4, -0.2) is 0 Å². The summed E-state index contributed by atoms with van der Waals surface area (Å²) in [7, 11) is 0. The first kappa shape index (κ1) is 42.2. The normalized spacial score (nSPS) is 13.0. The fourth-order valence-corrected chi connectivity index (χ4v) is 13.7. The van der Waals surface area contributed by atoms with Crippen LogP contribution < -0.4 is 9.80 Å². The molecule has 17 rings (SSSR count). The molecule has 358 valence electrons. The maximum absolute atomic E-state index is 6.35. The van der Waals surface area contributed by atoms with Crippen LogP contribution in [0.1, 0.15) is 22.3 Å². The average molecular weight is 981 g/mol. The summed E-state index contributed by atoms with van der Waals surface area (Å²) < 4.78 is 12.7. The van der Waals surface area contributed by atoms with Crippen LogP contribution in [0.5, 0.6) is 0 Å². The SMILES string of the molecule is c1ccc(N(c2ccc3c4c(ccc3c2)-c2c(c3ccc(N(c5ccccc5)c5ccc6oc7ccccc7c6c5)cc3c3ccccc23)C42c3ccccc3-c3ccccc32)c2ccc3oc4ccccc4c3c2)cc1. The topological polar surface area (TPSA) is 32.8 Å². The third-order valence-corrected chi connectivity index (χ3v) is 16.8. The number of rotatable bonds is 6. The monoisotopic (exact) mass is 980 g/mol.